The van der Waals surface area contributed by atoms with Gasteiger partial charge in [0, 0.05) is 29.7 Å². The summed E-state index contributed by atoms with van der Waals surface area (Å²) in [7, 11) is 0. The molecule has 5 heteroatoms. The van der Waals surface area contributed by atoms with E-state index in [1.54, 1.807) is 29.5 Å². The summed E-state index contributed by atoms with van der Waals surface area (Å²) in [4.78, 5) is 7.80. The Hall–Kier alpha value is -2.53. The second-order valence-electron chi connectivity index (χ2n) is 4.13. The van der Waals surface area contributed by atoms with Gasteiger partial charge in [0.25, 0.3) is 0 Å². The second kappa shape index (κ2) is 4.99. The highest BCUT2D eigenvalue weighted by molar-refractivity contribution is 5.32. The Kier molecular flexibility index (Phi) is 3.04. The SMILES string of the molecule is OC(c1cncnc1)c1cnn(-c2ccccc2)c1. The van der Waals surface area contributed by atoms with Crippen LogP contribution < -0.4 is 0 Å². The van der Waals surface area contributed by atoms with E-state index >= 15 is 0 Å². The van der Waals surface area contributed by atoms with E-state index in [1.807, 2.05) is 30.3 Å². The van der Waals surface area contributed by atoms with E-state index in [0.717, 1.165) is 5.69 Å². The van der Waals surface area contributed by atoms with Gasteiger partial charge in [-0.15, -0.1) is 0 Å². The zero-order valence-electron chi connectivity index (χ0n) is 10.1. The molecule has 2 aromatic heterocycles. The third kappa shape index (κ3) is 2.36. The zero-order chi connectivity index (χ0) is 13.1. The average molecular weight is 252 g/mol. The number of rotatable bonds is 3. The molecule has 1 atom stereocenters. The molecule has 19 heavy (non-hydrogen) atoms. The summed E-state index contributed by atoms with van der Waals surface area (Å²) in [5.41, 5.74) is 2.30. The summed E-state index contributed by atoms with van der Waals surface area (Å²) in [6.45, 7) is 0. The Bertz CT molecular complexity index is 651. The molecular formula is C14H12N4O. The van der Waals surface area contributed by atoms with Gasteiger partial charge in [-0.05, 0) is 12.1 Å². The van der Waals surface area contributed by atoms with Crippen LogP contribution >= 0.6 is 0 Å². The number of aromatic nitrogens is 4. The fourth-order valence-electron chi connectivity index (χ4n) is 1.84. The minimum atomic E-state index is -0.765. The van der Waals surface area contributed by atoms with E-state index in [-0.39, 0.29) is 0 Å². The first kappa shape index (κ1) is 11.6. The van der Waals surface area contributed by atoms with Crippen molar-refractivity contribution in [1.29, 1.82) is 0 Å². The van der Waals surface area contributed by atoms with Gasteiger partial charge in [0.05, 0.1) is 11.9 Å². The van der Waals surface area contributed by atoms with Crippen LogP contribution in [-0.4, -0.2) is 24.9 Å². The van der Waals surface area contributed by atoms with Gasteiger partial charge in [0.2, 0.25) is 0 Å². The molecule has 0 aliphatic rings. The molecule has 2 heterocycles. The lowest BCUT2D eigenvalue weighted by Gasteiger charge is -2.06. The maximum Gasteiger partial charge on any atom is 0.115 e. The van der Waals surface area contributed by atoms with Crippen LogP contribution in [0.3, 0.4) is 0 Å². The van der Waals surface area contributed by atoms with Crippen LogP contribution in [0.15, 0.2) is 61.4 Å². The Morgan fingerprint density at radius 2 is 1.68 bits per heavy atom. The van der Waals surface area contributed by atoms with Gasteiger partial charge in [-0.25, -0.2) is 14.6 Å². The van der Waals surface area contributed by atoms with Crippen LogP contribution in [0.1, 0.15) is 17.2 Å². The van der Waals surface area contributed by atoms with Crippen molar-refractivity contribution in [2.75, 3.05) is 0 Å². The molecule has 0 aliphatic carbocycles. The fraction of sp³-hybridized carbons (Fsp3) is 0.0714. The van der Waals surface area contributed by atoms with Gasteiger partial charge in [0.1, 0.15) is 12.4 Å². The van der Waals surface area contributed by atoms with Crippen molar-refractivity contribution in [3.05, 3.63) is 72.6 Å². The predicted molar refractivity (Wildman–Crippen MR) is 69.7 cm³/mol. The van der Waals surface area contributed by atoms with Crippen molar-refractivity contribution in [1.82, 2.24) is 19.7 Å². The predicted octanol–water partition coefficient (Wildman–Crippen LogP) is 1.74. The smallest absolute Gasteiger partial charge is 0.115 e. The van der Waals surface area contributed by atoms with E-state index in [1.165, 1.54) is 6.33 Å². The first-order chi connectivity index (χ1) is 9.34. The topological polar surface area (TPSA) is 63.8 Å². The molecule has 0 radical (unpaired) electrons. The molecule has 0 fully saturated rings. The van der Waals surface area contributed by atoms with Gasteiger partial charge in [-0.1, -0.05) is 18.2 Å². The van der Waals surface area contributed by atoms with Gasteiger partial charge < -0.3 is 5.11 Å². The molecule has 3 aromatic rings. The van der Waals surface area contributed by atoms with Gasteiger partial charge >= 0.3 is 0 Å². The summed E-state index contributed by atoms with van der Waals surface area (Å²) < 4.78 is 1.72. The molecule has 94 valence electrons. The first-order valence-corrected chi connectivity index (χ1v) is 5.87. The molecule has 1 N–H and O–H groups in total. The number of hydrogen-bond acceptors (Lipinski definition) is 4. The van der Waals surface area contributed by atoms with Gasteiger partial charge in [-0.2, -0.15) is 5.10 Å². The molecule has 0 saturated heterocycles. The van der Waals surface area contributed by atoms with Crippen LogP contribution in [0, 0.1) is 0 Å². The summed E-state index contributed by atoms with van der Waals surface area (Å²) in [6.07, 6.45) is 7.30. The van der Waals surface area contributed by atoms with Crippen molar-refractivity contribution in [2.24, 2.45) is 0 Å². The molecule has 0 bridgehead atoms. The third-order valence-electron chi connectivity index (χ3n) is 2.84. The van der Waals surface area contributed by atoms with E-state index in [4.69, 9.17) is 0 Å². The molecule has 0 saturated carbocycles. The summed E-state index contributed by atoms with van der Waals surface area (Å²) >= 11 is 0. The van der Waals surface area contributed by atoms with E-state index < -0.39 is 6.10 Å². The number of aliphatic hydroxyl groups excluding tert-OH is 1. The number of para-hydroxylation sites is 1. The van der Waals surface area contributed by atoms with Crippen molar-refractivity contribution in [2.45, 2.75) is 6.10 Å². The molecular weight excluding hydrogens is 240 g/mol. The van der Waals surface area contributed by atoms with Crippen LogP contribution in [-0.2, 0) is 0 Å². The quantitative estimate of drug-likeness (QED) is 0.771. The number of hydrogen-bond donors (Lipinski definition) is 1. The van der Waals surface area contributed by atoms with Crippen LogP contribution in [0.2, 0.25) is 0 Å². The second-order valence-corrected chi connectivity index (χ2v) is 4.13. The molecule has 1 aromatic carbocycles. The minimum Gasteiger partial charge on any atom is -0.383 e. The highest BCUT2D eigenvalue weighted by Gasteiger charge is 2.13. The van der Waals surface area contributed by atoms with Crippen molar-refractivity contribution >= 4 is 0 Å². The lowest BCUT2D eigenvalue weighted by Crippen LogP contribution is -1.99. The van der Waals surface area contributed by atoms with E-state index in [9.17, 15) is 5.11 Å². The van der Waals surface area contributed by atoms with Gasteiger partial charge in [-0.3, -0.25) is 0 Å². The van der Waals surface area contributed by atoms with Crippen LogP contribution in [0.25, 0.3) is 5.69 Å². The number of nitrogens with zero attached hydrogens (tertiary/aromatic N) is 4. The zero-order valence-corrected chi connectivity index (χ0v) is 10.1. The van der Waals surface area contributed by atoms with Crippen LogP contribution in [0.4, 0.5) is 0 Å². The molecule has 1 unspecified atom stereocenters. The van der Waals surface area contributed by atoms with Gasteiger partial charge in [0.15, 0.2) is 0 Å². The van der Waals surface area contributed by atoms with E-state index in [2.05, 4.69) is 15.1 Å². The van der Waals surface area contributed by atoms with Crippen molar-refractivity contribution in [3.8, 4) is 5.69 Å². The largest absolute Gasteiger partial charge is 0.383 e. The average Bonchev–Trinajstić information content (AvgIpc) is 2.98. The Morgan fingerprint density at radius 3 is 2.42 bits per heavy atom. The van der Waals surface area contributed by atoms with Crippen LogP contribution in [0.5, 0.6) is 0 Å². The van der Waals surface area contributed by atoms with Crippen molar-refractivity contribution in [3.63, 3.8) is 0 Å². The normalized spacial score (nSPS) is 12.3. The lowest BCUT2D eigenvalue weighted by molar-refractivity contribution is 0.219. The Morgan fingerprint density at radius 1 is 0.947 bits per heavy atom. The molecule has 3 rings (SSSR count). The highest BCUT2D eigenvalue weighted by atomic mass is 16.3. The monoisotopic (exact) mass is 252 g/mol. The maximum atomic E-state index is 10.2. The van der Waals surface area contributed by atoms with Crippen molar-refractivity contribution < 1.29 is 5.11 Å². The number of benzene rings is 1. The molecule has 0 spiro atoms. The molecule has 0 aliphatic heterocycles. The Labute approximate surface area is 110 Å². The standard InChI is InChI=1S/C14H12N4O/c19-14(11-6-15-10-16-7-11)12-8-17-18(9-12)13-4-2-1-3-5-13/h1-10,14,19H. The summed E-state index contributed by atoms with van der Waals surface area (Å²) in [5, 5.41) is 14.5. The molecule has 5 nitrogen and oxygen atoms in total. The lowest BCUT2D eigenvalue weighted by atomic mass is 10.1. The summed E-state index contributed by atoms with van der Waals surface area (Å²) in [6, 6.07) is 9.74. The fourth-order valence-corrected chi connectivity index (χ4v) is 1.84. The minimum absolute atomic E-state index is 0.648. The Balaban J connectivity index is 1.90. The molecule has 0 amide bonds. The third-order valence-corrected chi connectivity index (χ3v) is 2.84. The highest BCUT2D eigenvalue weighted by Crippen LogP contribution is 2.20. The maximum absolute atomic E-state index is 10.2. The van der Waals surface area contributed by atoms with E-state index in [0.29, 0.717) is 11.1 Å². The first-order valence-electron chi connectivity index (χ1n) is 5.87. The summed E-state index contributed by atoms with van der Waals surface area (Å²) in [5.74, 6) is 0. The number of aliphatic hydroxyl groups is 1.